The van der Waals surface area contributed by atoms with Gasteiger partial charge in [0.05, 0.1) is 26.5 Å². The molecule has 156 valence electrons. The van der Waals surface area contributed by atoms with Crippen LogP contribution in [0.3, 0.4) is 0 Å². The molecule has 0 aliphatic carbocycles. The van der Waals surface area contributed by atoms with E-state index >= 15 is 0 Å². The van der Waals surface area contributed by atoms with Crippen molar-refractivity contribution in [2.24, 2.45) is 0 Å². The van der Waals surface area contributed by atoms with E-state index in [2.05, 4.69) is 10.2 Å². The lowest BCUT2D eigenvalue weighted by Crippen LogP contribution is -2.49. The molecule has 2 aromatic carbocycles. The predicted octanol–water partition coefficient (Wildman–Crippen LogP) is 2.32. The highest BCUT2D eigenvalue weighted by Gasteiger charge is 2.20. The van der Waals surface area contributed by atoms with Crippen LogP contribution in [0.15, 0.2) is 42.5 Å². The molecule has 0 atom stereocenters. The van der Waals surface area contributed by atoms with Crippen LogP contribution in [-0.2, 0) is 11.2 Å². The van der Waals surface area contributed by atoms with Crippen LogP contribution in [0.1, 0.15) is 5.56 Å². The van der Waals surface area contributed by atoms with E-state index in [1.807, 2.05) is 29.2 Å². The third-order valence-electron chi connectivity index (χ3n) is 5.12. The van der Waals surface area contributed by atoms with Gasteiger partial charge in [0.2, 0.25) is 5.91 Å². The van der Waals surface area contributed by atoms with Crippen molar-refractivity contribution in [3.05, 3.63) is 53.8 Å². The van der Waals surface area contributed by atoms with Gasteiger partial charge >= 0.3 is 0 Å². The fraction of sp³-hybridized carbons (Fsp3) is 0.409. The summed E-state index contributed by atoms with van der Waals surface area (Å²) in [5.74, 6) is 1.18. The average molecular weight is 401 g/mol. The first-order chi connectivity index (χ1) is 14.1. The van der Waals surface area contributed by atoms with Crippen molar-refractivity contribution in [1.82, 2.24) is 10.2 Å². The van der Waals surface area contributed by atoms with E-state index in [0.717, 1.165) is 18.7 Å². The molecular weight excluding hydrogens is 373 g/mol. The second-order valence-electron chi connectivity index (χ2n) is 7.00. The zero-order valence-corrected chi connectivity index (χ0v) is 17.0. The number of halogens is 1. The first-order valence-electron chi connectivity index (χ1n) is 9.80. The third kappa shape index (κ3) is 5.60. The number of benzene rings is 2. The summed E-state index contributed by atoms with van der Waals surface area (Å²) in [5, 5.41) is 2.97. The zero-order chi connectivity index (χ0) is 20.6. The van der Waals surface area contributed by atoms with E-state index in [1.54, 1.807) is 26.4 Å². The summed E-state index contributed by atoms with van der Waals surface area (Å²) in [6, 6.07) is 12.6. The molecule has 3 rings (SSSR count). The Morgan fingerprint density at radius 1 is 1.03 bits per heavy atom. The second-order valence-corrected chi connectivity index (χ2v) is 7.00. The van der Waals surface area contributed by atoms with E-state index in [-0.39, 0.29) is 11.7 Å². The summed E-state index contributed by atoms with van der Waals surface area (Å²) in [4.78, 5) is 16.4. The van der Waals surface area contributed by atoms with Crippen molar-refractivity contribution in [1.29, 1.82) is 0 Å². The molecule has 0 saturated carbocycles. The number of ether oxygens (including phenoxy) is 2. The maximum absolute atomic E-state index is 13.9. The summed E-state index contributed by atoms with van der Waals surface area (Å²) in [6.07, 6.45) is 0.715. The predicted molar refractivity (Wildman–Crippen MR) is 111 cm³/mol. The van der Waals surface area contributed by atoms with Gasteiger partial charge in [-0.3, -0.25) is 9.69 Å². The topological polar surface area (TPSA) is 54.0 Å². The number of para-hydroxylation sites is 1. The highest BCUT2D eigenvalue weighted by atomic mass is 19.1. The minimum atomic E-state index is -0.200. The highest BCUT2D eigenvalue weighted by Crippen LogP contribution is 2.27. The third-order valence-corrected chi connectivity index (χ3v) is 5.12. The number of nitrogens with zero attached hydrogens (tertiary/aromatic N) is 2. The Bertz CT molecular complexity index is 823. The molecule has 0 aromatic heterocycles. The van der Waals surface area contributed by atoms with Gasteiger partial charge < -0.3 is 19.7 Å². The van der Waals surface area contributed by atoms with Gasteiger partial charge in [-0.1, -0.05) is 18.2 Å². The van der Waals surface area contributed by atoms with Crippen LogP contribution in [0.25, 0.3) is 0 Å². The number of carbonyl (C=O) groups excluding carboxylic acids is 1. The second kappa shape index (κ2) is 10.1. The molecule has 2 aromatic rings. The molecule has 0 radical (unpaired) electrons. The number of carbonyl (C=O) groups is 1. The molecule has 6 nitrogen and oxygen atoms in total. The Labute approximate surface area is 171 Å². The van der Waals surface area contributed by atoms with Gasteiger partial charge in [-0.25, -0.2) is 4.39 Å². The first-order valence-corrected chi connectivity index (χ1v) is 9.80. The fourth-order valence-electron chi connectivity index (χ4n) is 3.50. The fourth-order valence-corrected chi connectivity index (χ4v) is 3.50. The number of rotatable bonds is 8. The van der Waals surface area contributed by atoms with Gasteiger partial charge in [-0.2, -0.15) is 0 Å². The van der Waals surface area contributed by atoms with Crippen LogP contribution in [0.2, 0.25) is 0 Å². The molecule has 0 unspecified atom stereocenters. The van der Waals surface area contributed by atoms with Gasteiger partial charge in [0, 0.05) is 32.7 Å². The van der Waals surface area contributed by atoms with Crippen LogP contribution >= 0.6 is 0 Å². The van der Waals surface area contributed by atoms with Crippen LogP contribution in [0.4, 0.5) is 10.1 Å². The Balaban J connectivity index is 1.40. The van der Waals surface area contributed by atoms with E-state index in [9.17, 15) is 9.18 Å². The summed E-state index contributed by atoms with van der Waals surface area (Å²) in [5.41, 5.74) is 1.70. The van der Waals surface area contributed by atoms with Crippen molar-refractivity contribution < 1.29 is 18.7 Å². The van der Waals surface area contributed by atoms with E-state index in [4.69, 9.17) is 9.47 Å². The molecule has 1 heterocycles. The van der Waals surface area contributed by atoms with Gasteiger partial charge in [0.15, 0.2) is 11.5 Å². The highest BCUT2D eigenvalue weighted by molar-refractivity contribution is 5.78. The molecule has 1 saturated heterocycles. The lowest BCUT2D eigenvalue weighted by molar-refractivity contribution is -0.122. The van der Waals surface area contributed by atoms with Crippen LogP contribution in [-0.4, -0.2) is 64.3 Å². The minimum absolute atomic E-state index is 0.00446. The molecule has 7 heteroatoms. The lowest BCUT2D eigenvalue weighted by Gasteiger charge is -2.35. The maximum atomic E-state index is 13.9. The average Bonchev–Trinajstić information content (AvgIpc) is 2.74. The number of methoxy groups -OCH3 is 2. The molecule has 29 heavy (non-hydrogen) atoms. The Hall–Kier alpha value is -2.80. The summed E-state index contributed by atoms with van der Waals surface area (Å²) < 4.78 is 24.5. The van der Waals surface area contributed by atoms with Gasteiger partial charge in [-0.05, 0) is 36.2 Å². The zero-order valence-electron chi connectivity index (χ0n) is 17.0. The minimum Gasteiger partial charge on any atom is -0.493 e. The van der Waals surface area contributed by atoms with Crippen molar-refractivity contribution in [2.75, 3.05) is 58.4 Å². The van der Waals surface area contributed by atoms with Gasteiger partial charge in [0.25, 0.3) is 0 Å². The number of nitrogens with one attached hydrogen (secondary N) is 1. The molecule has 1 N–H and O–H groups in total. The molecule has 1 aliphatic rings. The first kappa shape index (κ1) is 20.9. The number of hydrogen-bond donors (Lipinski definition) is 1. The van der Waals surface area contributed by atoms with E-state index in [0.29, 0.717) is 49.8 Å². The number of hydrogen-bond acceptors (Lipinski definition) is 5. The summed E-state index contributed by atoms with van der Waals surface area (Å²) in [6.45, 7) is 3.80. The standard InChI is InChI=1S/C22H28FN3O3/c1-28-20-8-7-17(15-21(20)29-2)9-10-24-22(27)16-25-11-13-26(14-12-25)19-6-4-3-5-18(19)23/h3-8,15H,9-14,16H2,1-2H3,(H,24,27). The van der Waals surface area contributed by atoms with Crippen molar-refractivity contribution in [3.8, 4) is 11.5 Å². The molecular formula is C22H28FN3O3. The Kier molecular flexibility index (Phi) is 7.30. The Morgan fingerprint density at radius 2 is 1.76 bits per heavy atom. The number of anilines is 1. The lowest BCUT2D eigenvalue weighted by atomic mass is 10.1. The van der Waals surface area contributed by atoms with Crippen molar-refractivity contribution >= 4 is 11.6 Å². The maximum Gasteiger partial charge on any atom is 0.234 e. The van der Waals surface area contributed by atoms with Crippen LogP contribution in [0, 0.1) is 5.82 Å². The van der Waals surface area contributed by atoms with Crippen LogP contribution < -0.4 is 19.7 Å². The van der Waals surface area contributed by atoms with Gasteiger partial charge in [-0.15, -0.1) is 0 Å². The SMILES string of the molecule is COc1ccc(CCNC(=O)CN2CCN(c3ccccc3F)CC2)cc1OC. The summed E-state index contributed by atoms with van der Waals surface area (Å²) >= 11 is 0. The van der Waals surface area contributed by atoms with Crippen molar-refractivity contribution in [2.45, 2.75) is 6.42 Å². The quantitative estimate of drug-likeness (QED) is 0.736. The monoisotopic (exact) mass is 401 g/mol. The number of piperazine rings is 1. The van der Waals surface area contributed by atoms with Gasteiger partial charge in [0.1, 0.15) is 5.82 Å². The summed E-state index contributed by atoms with van der Waals surface area (Å²) in [7, 11) is 3.21. The molecule has 1 aliphatic heterocycles. The molecule has 1 amide bonds. The van der Waals surface area contributed by atoms with Crippen molar-refractivity contribution in [3.63, 3.8) is 0 Å². The molecule has 1 fully saturated rings. The smallest absolute Gasteiger partial charge is 0.234 e. The van der Waals surface area contributed by atoms with E-state index < -0.39 is 0 Å². The number of amides is 1. The molecule has 0 bridgehead atoms. The Morgan fingerprint density at radius 3 is 2.45 bits per heavy atom. The molecule has 0 spiro atoms. The largest absolute Gasteiger partial charge is 0.493 e. The normalized spacial score (nSPS) is 14.5. The van der Waals surface area contributed by atoms with E-state index in [1.165, 1.54) is 6.07 Å². The van der Waals surface area contributed by atoms with Crippen LogP contribution in [0.5, 0.6) is 11.5 Å².